The fourth-order valence-electron chi connectivity index (χ4n) is 1.95. The number of carbonyl (C=O) groups excluding carboxylic acids is 1. The molecule has 0 aliphatic rings. The number of esters is 1. The SMILES string of the molecule is CCOC(=O)C(Nc1ccccc1Cl)c1ccccc1O. The molecule has 0 saturated heterocycles. The van der Waals surface area contributed by atoms with Crippen LogP contribution in [0.1, 0.15) is 18.5 Å². The summed E-state index contributed by atoms with van der Waals surface area (Å²) in [5.41, 5.74) is 1.04. The molecule has 0 aromatic heterocycles. The predicted molar refractivity (Wildman–Crippen MR) is 82.6 cm³/mol. The van der Waals surface area contributed by atoms with Gasteiger partial charge in [-0.3, -0.25) is 0 Å². The third-order valence-electron chi connectivity index (χ3n) is 2.94. The number of halogens is 1. The Bertz CT molecular complexity index is 630. The number of phenolic OH excluding ortho intramolecular Hbond substituents is 1. The van der Waals surface area contributed by atoms with Crippen LogP contribution in [0.4, 0.5) is 5.69 Å². The number of nitrogens with one attached hydrogen (secondary N) is 1. The van der Waals surface area contributed by atoms with E-state index in [1.807, 2.05) is 0 Å². The van der Waals surface area contributed by atoms with Gasteiger partial charge in [0.25, 0.3) is 0 Å². The normalized spacial score (nSPS) is 11.7. The molecule has 0 radical (unpaired) electrons. The van der Waals surface area contributed by atoms with Gasteiger partial charge in [-0.25, -0.2) is 4.79 Å². The van der Waals surface area contributed by atoms with Crippen LogP contribution in [-0.2, 0) is 9.53 Å². The maximum absolute atomic E-state index is 12.2. The van der Waals surface area contributed by atoms with Gasteiger partial charge in [-0.2, -0.15) is 0 Å². The minimum atomic E-state index is -0.828. The Labute approximate surface area is 128 Å². The molecule has 0 spiro atoms. The van der Waals surface area contributed by atoms with Gasteiger partial charge in [0.05, 0.1) is 17.3 Å². The van der Waals surface area contributed by atoms with Crippen LogP contribution in [0, 0.1) is 0 Å². The average molecular weight is 306 g/mol. The summed E-state index contributed by atoms with van der Waals surface area (Å²) in [6, 6.07) is 12.9. The van der Waals surface area contributed by atoms with Crippen molar-refractivity contribution in [2.45, 2.75) is 13.0 Å². The molecule has 2 N–H and O–H groups in total. The van der Waals surface area contributed by atoms with Crippen molar-refractivity contribution in [1.82, 2.24) is 0 Å². The smallest absolute Gasteiger partial charge is 0.333 e. The van der Waals surface area contributed by atoms with Gasteiger partial charge in [0.1, 0.15) is 5.75 Å². The Morgan fingerprint density at radius 2 is 1.90 bits per heavy atom. The van der Waals surface area contributed by atoms with E-state index >= 15 is 0 Å². The number of benzene rings is 2. The predicted octanol–water partition coefficient (Wildman–Crippen LogP) is 3.76. The van der Waals surface area contributed by atoms with E-state index in [9.17, 15) is 9.90 Å². The highest BCUT2D eigenvalue weighted by atomic mass is 35.5. The van der Waals surface area contributed by atoms with Gasteiger partial charge in [0.15, 0.2) is 6.04 Å². The lowest BCUT2D eigenvalue weighted by atomic mass is 10.1. The molecular formula is C16H16ClNO3. The Kier molecular flexibility index (Phi) is 5.06. The number of anilines is 1. The minimum absolute atomic E-state index is 0.0232. The van der Waals surface area contributed by atoms with Crippen LogP contribution >= 0.6 is 11.6 Å². The van der Waals surface area contributed by atoms with Crippen molar-refractivity contribution in [2.24, 2.45) is 0 Å². The van der Waals surface area contributed by atoms with Gasteiger partial charge >= 0.3 is 5.97 Å². The first-order valence-corrected chi connectivity index (χ1v) is 6.97. The lowest BCUT2D eigenvalue weighted by Crippen LogP contribution is -2.23. The van der Waals surface area contributed by atoms with Crippen molar-refractivity contribution in [2.75, 3.05) is 11.9 Å². The van der Waals surface area contributed by atoms with Gasteiger partial charge in [0, 0.05) is 5.56 Å². The van der Waals surface area contributed by atoms with Crippen LogP contribution in [0.5, 0.6) is 5.75 Å². The molecule has 0 heterocycles. The third-order valence-corrected chi connectivity index (χ3v) is 3.27. The van der Waals surface area contributed by atoms with Crippen molar-refractivity contribution in [3.8, 4) is 5.75 Å². The van der Waals surface area contributed by atoms with Crippen molar-refractivity contribution in [3.05, 3.63) is 59.1 Å². The monoisotopic (exact) mass is 305 g/mol. The molecule has 0 fully saturated rings. The summed E-state index contributed by atoms with van der Waals surface area (Å²) >= 11 is 6.10. The molecule has 5 heteroatoms. The first kappa shape index (κ1) is 15.2. The molecule has 0 aliphatic heterocycles. The zero-order valence-corrected chi connectivity index (χ0v) is 12.3. The van der Waals surface area contributed by atoms with Crippen LogP contribution in [-0.4, -0.2) is 17.7 Å². The number of para-hydroxylation sites is 2. The molecule has 4 nitrogen and oxygen atoms in total. The molecule has 1 atom stereocenters. The Balaban J connectivity index is 2.36. The molecule has 1 unspecified atom stereocenters. The van der Waals surface area contributed by atoms with E-state index in [0.717, 1.165) is 0 Å². The van der Waals surface area contributed by atoms with Crippen molar-refractivity contribution >= 4 is 23.3 Å². The summed E-state index contributed by atoms with van der Waals surface area (Å²) in [5, 5.41) is 13.5. The second-order valence-corrected chi connectivity index (χ2v) is 4.78. The summed E-state index contributed by atoms with van der Waals surface area (Å²) in [4.78, 5) is 12.2. The molecule has 0 aliphatic carbocycles. The summed E-state index contributed by atoms with van der Waals surface area (Å²) in [5.74, 6) is -0.450. The number of hydrogen-bond acceptors (Lipinski definition) is 4. The summed E-state index contributed by atoms with van der Waals surface area (Å²) in [6.45, 7) is 1.99. The lowest BCUT2D eigenvalue weighted by Gasteiger charge is -2.20. The Morgan fingerprint density at radius 1 is 1.24 bits per heavy atom. The molecule has 2 aromatic carbocycles. The zero-order valence-electron chi connectivity index (χ0n) is 11.5. The molecule has 0 amide bonds. The molecule has 21 heavy (non-hydrogen) atoms. The summed E-state index contributed by atoms with van der Waals surface area (Å²) in [7, 11) is 0. The first-order valence-electron chi connectivity index (χ1n) is 6.59. The molecular weight excluding hydrogens is 290 g/mol. The summed E-state index contributed by atoms with van der Waals surface area (Å²) in [6.07, 6.45) is 0. The number of ether oxygens (including phenoxy) is 1. The van der Waals surface area contributed by atoms with Crippen molar-refractivity contribution in [3.63, 3.8) is 0 Å². The quantitative estimate of drug-likeness (QED) is 0.826. The van der Waals surface area contributed by atoms with E-state index in [0.29, 0.717) is 16.3 Å². The Morgan fingerprint density at radius 3 is 2.57 bits per heavy atom. The van der Waals surface area contributed by atoms with E-state index < -0.39 is 12.0 Å². The van der Waals surface area contributed by atoms with Gasteiger partial charge < -0.3 is 15.2 Å². The zero-order chi connectivity index (χ0) is 15.2. The number of aromatic hydroxyl groups is 1. The fraction of sp³-hybridized carbons (Fsp3) is 0.188. The van der Waals surface area contributed by atoms with Crippen molar-refractivity contribution in [1.29, 1.82) is 0 Å². The van der Waals surface area contributed by atoms with Crippen LogP contribution < -0.4 is 5.32 Å². The molecule has 2 aromatic rings. The maximum Gasteiger partial charge on any atom is 0.333 e. The highest BCUT2D eigenvalue weighted by Crippen LogP contribution is 2.30. The van der Waals surface area contributed by atoms with Crippen LogP contribution in [0.2, 0.25) is 5.02 Å². The van der Waals surface area contributed by atoms with E-state index in [1.54, 1.807) is 49.4 Å². The fourth-order valence-corrected chi connectivity index (χ4v) is 2.14. The topological polar surface area (TPSA) is 58.6 Å². The van der Waals surface area contributed by atoms with E-state index in [1.165, 1.54) is 6.07 Å². The first-order chi connectivity index (χ1) is 10.1. The highest BCUT2D eigenvalue weighted by Gasteiger charge is 2.25. The van der Waals surface area contributed by atoms with Crippen molar-refractivity contribution < 1.29 is 14.6 Å². The molecule has 2 rings (SSSR count). The third kappa shape index (κ3) is 3.67. The second kappa shape index (κ2) is 6.99. The van der Waals surface area contributed by atoms with Crippen LogP contribution in [0.25, 0.3) is 0 Å². The van der Waals surface area contributed by atoms with E-state index in [2.05, 4.69) is 5.32 Å². The van der Waals surface area contributed by atoms with Crippen LogP contribution in [0.3, 0.4) is 0 Å². The highest BCUT2D eigenvalue weighted by molar-refractivity contribution is 6.33. The number of carbonyl (C=O) groups is 1. The van der Waals surface area contributed by atoms with E-state index in [4.69, 9.17) is 16.3 Å². The molecule has 0 saturated carbocycles. The standard InChI is InChI=1S/C16H16ClNO3/c1-2-21-16(20)15(11-7-3-6-10-14(11)19)18-13-9-5-4-8-12(13)17/h3-10,15,18-19H,2H2,1H3. The summed E-state index contributed by atoms with van der Waals surface area (Å²) < 4.78 is 5.07. The molecule has 110 valence electrons. The number of rotatable bonds is 5. The number of phenols is 1. The van der Waals surface area contributed by atoms with Gasteiger partial charge in [-0.1, -0.05) is 41.9 Å². The largest absolute Gasteiger partial charge is 0.508 e. The number of hydrogen-bond donors (Lipinski definition) is 2. The average Bonchev–Trinajstić information content (AvgIpc) is 2.48. The van der Waals surface area contributed by atoms with E-state index in [-0.39, 0.29) is 12.4 Å². The van der Waals surface area contributed by atoms with Gasteiger partial charge in [-0.05, 0) is 25.1 Å². The second-order valence-electron chi connectivity index (χ2n) is 4.37. The lowest BCUT2D eigenvalue weighted by molar-refractivity contribution is -0.144. The molecule has 0 bridgehead atoms. The van der Waals surface area contributed by atoms with Gasteiger partial charge in [0.2, 0.25) is 0 Å². The maximum atomic E-state index is 12.2. The Hall–Kier alpha value is -2.20. The minimum Gasteiger partial charge on any atom is -0.508 e. The van der Waals surface area contributed by atoms with Gasteiger partial charge in [-0.15, -0.1) is 0 Å². The van der Waals surface area contributed by atoms with Crippen LogP contribution in [0.15, 0.2) is 48.5 Å².